The summed E-state index contributed by atoms with van der Waals surface area (Å²) in [7, 11) is 0. The lowest BCUT2D eigenvalue weighted by molar-refractivity contribution is -0.384. The van der Waals surface area contributed by atoms with E-state index in [9.17, 15) is 29.3 Å². The molecule has 7 atom stereocenters. The molecule has 3 fully saturated rings. The van der Waals surface area contributed by atoms with Crippen molar-refractivity contribution >= 4 is 57.9 Å². The summed E-state index contributed by atoms with van der Waals surface area (Å²) in [5.41, 5.74) is 1.70. The zero-order valence-electron chi connectivity index (χ0n) is 24.0. The molecule has 1 aromatic heterocycles. The number of para-hydroxylation sites is 2. The van der Waals surface area contributed by atoms with Gasteiger partial charge in [0, 0.05) is 39.4 Å². The number of ether oxygens (including phenoxy) is 1. The lowest BCUT2D eigenvalue weighted by atomic mass is 9.68. The SMILES string of the molecule is O=C(COc1ccccc1[C@@H]1c2sc(=O)[nH]c2S[C@@H]2[C@@H]3C[C@@H]([C@@H]4C(=O)N(c5ccc([N+](=O)[O-])cc5)C(=O)[C@@H]34)[C@H]12)Nc1ccccc1. The van der Waals surface area contributed by atoms with Crippen molar-refractivity contribution in [1.29, 1.82) is 0 Å². The van der Waals surface area contributed by atoms with Crippen molar-refractivity contribution in [2.75, 3.05) is 16.8 Å². The number of aromatic amines is 1. The summed E-state index contributed by atoms with van der Waals surface area (Å²) in [6, 6.07) is 22.1. The Balaban J connectivity index is 1.12. The molecule has 3 heterocycles. The molecule has 4 aromatic rings. The van der Waals surface area contributed by atoms with E-state index in [4.69, 9.17) is 4.74 Å². The molecule has 1 saturated heterocycles. The van der Waals surface area contributed by atoms with Gasteiger partial charge in [-0.2, -0.15) is 0 Å². The van der Waals surface area contributed by atoms with Crippen LogP contribution in [0.3, 0.4) is 0 Å². The summed E-state index contributed by atoms with van der Waals surface area (Å²) in [4.78, 5) is 68.9. The van der Waals surface area contributed by atoms with E-state index in [0.717, 1.165) is 26.8 Å². The minimum Gasteiger partial charge on any atom is -0.483 e. The number of nitrogens with zero attached hydrogens (tertiary/aromatic N) is 2. The molecule has 0 radical (unpaired) electrons. The van der Waals surface area contributed by atoms with Gasteiger partial charge in [-0.15, -0.1) is 11.8 Å². The third-order valence-electron chi connectivity index (χ3n) is 9.71. The van der Waals surface area contributed by atoms with Gasteiger partial charge in [-0.3, -0.25) is 34.2 Å². The fourth-order valence-electron chi connectivity index (χ4n) is 8.07. The second kappa shape index (κ2) is 11.0. The van der Waals surface area contributed by atoms with Crippen LogP contribution in [0.2, 0.25) is 0 Å². The van der Waals surface area contributed by atoms with Crippen LogP contribution in [0.1, 0.15) is 22.8 Å². The monoisotopic (exact) mass is 654 g/mol. The topological polar surface area (TPSA) is 152 Å². The number of carbonyl (C=O) groups excluding carboxylic acids is 3. The molecule has 2 saturated carbocycles. The molecule has 2 aliphatic heterocycles. The molecule has 2 aliphatic carbocycles. The fraction of sp³-hybridized carbons (Fsp3) is 0.273. The number of hydrogen-bond donors (Lipinski definition) is 2. The van der Waals surface area contributed by atoms with Gasteiger partial charge in [-0.25, -0.2) is 0 Å². The molecular formula is C33H26N4O7S2. The van der Waals surface area contributed by atoms with E-state index in [2.05, 4.69) is 10.3 Å². The number of anilines is 2. The number of nitro benzene ring substituents is 1. The second-order valence-electron chi connectivity index (χ2n) is 12.0. The van der Waals surface area contributed by atoms with E-state index >= 15 is 0 Å². The Kier molecular flexibility index (Phi) is 6.83. The number of imide groups is 1. The summed E-state index contributed by atoms with van der Waals surface area (Å²) in [6.45, 7) is -0.217. The highest BCUT2D eigenvalue weighted by molar-refractivity contribution is 8.00. The van der Waals surface area contributed by atoms with Crippen LogP contribution in [-0.2, 0) is 14.4 Å². The molecule has 0 unspecified atom stereocenters. The van der Waals surface area contributed by atoms with Gasteiger partial charge in [-0.1, -0.05) is 47.7 Å². The Bertz CT molecular complexity index is 1960. The van der Waals surface area contributed by atoms with Gasteiger partial charge in [-0.05, 0) is 54.5 Å². The summed E-state index contributed by atoms with van der Waals surface area (Å²) in [5.74, 6) is -1.94. The molecule has 4 aliphatic rings. The maximum atomic E-state index is 14.0. The highest BCUT2D eigenvalue weighted by atomic mass is 32.2. The number of non-ortho nitro benzene ring substituents is 1. The molecule has 3 amide bonds. The molecule has 8 rings (SSSR count). The average Bonchev–Trinajstić information content (AvgIpc) is 3.79. The van der Waals surface area contributed by atoms with E-state index in [-0.39, 0.29) is 63.8 Å². The van der Waals surface area contributed by atoms with Crippen molar-refractivity contribution in [3.8, 4) is 5.75 Å². The van der Waals surface area contributed by atoms with Gasteiger partial charge in [0.15, 0.2) is 6.61 Å². The van der Waals surface area contributed by atoms with Crippen LogP contribution in [0, 0.1) is 39.7 Å². The number of nitro groups is 1. The summed E-state index contributed by atoms with van der Waals surface area (Å²) >= 11 is 2.73. The zero-order valence-corrected chi connectivity index (χ0v) is 25.7. The van der Waals surface area contributed by atoms with Gasteiger partial charge in [0.2, 0.25) is 11.8 Å². The average molecular weight is 655 g/mol. The number of hydrogen-bond acceptors (Lipinski definition) is 9. The first-order chi connectivity index (χ1) is 22.3. The predicted molar refractivity (Wildman–Crippen MR) is 171 cm³/mol. The highest BCUT2D eigenvalue weighted by Crippen LogP contribution is 2.69. The smallest absolute Gasteiger partial charge is 0.305 e. The first-order valence-corrected chi connectivity index (χ1v) is 16.6. The number of amides is 3. The van der Waals surface area contributed by atoms with Crippen molar-refractivity contribution in [3.05, 3.63) is 109 Å². The van der Waals surface area contributed by atoms with E-state index in [1.807, 2.05) is 42.5 Å². The largest absolute Gasteiger partial charge is 0.483 e. The first-order valence-electron chi connectivity index (χ1n) is 14.9. The molecule has 46 heavy (non-hydrogen) atoms. The van der Waals surface area contributed by atoms with Crippen LogP contribution in [0.5, 0.6) is 5.75 Å². The summed E-state index contributed by atoms with van der Waals surface area (Å²) in [6.07, 6.45) is 0.710. The zero-order chi connectivity index (χ0) is 31.7. The van der Waals surface area contributed by atoms with Crippen molar-refractivity contribution in [2.24, 2.45) is 29.6 Å². The third-order valence-corrected chi connectivity index (χ3v) is 12.3. The van der Waals surface area contributed by atoms with Crippen molar-refractivity contribution in [2.45, 2.75) is 22.6 Å². The standard InChI is InChI=1S/C33H26N4O7S2/c38-23(34-16-6-2-1-3-7-16)15-44-22-9-5-4-8-19(22)24-25-20-14-21(28(25)45-30-29(24)46-33(41)35-30)27-26(20)31(39)36(32(27)40)17-10-12-18(13-11-17)37(42)43/h1-13,20-21,24-28H,14-15H2,(H,34,38)(H,35,41)/t20-,21-,24+,25-,26+,27+,28-/m1/s1. The molecule has 3 aromatic carbocycles. The molecule has 2 bridgehead atoms. The predicted octanol–water partition coefficient (Wildman–Crippen LogP) is 5.04. The van der Waals surface area contributed by atoms with Gasteiger partial charge in [0.1, 0.15) is 5.75 Å². The third kappa shape index (κ3) is 4.48. The number of carbonyl (C=O) groups is 3. The van der Waals surface area contributed by atoms with Crippen LogP contribution in [0.25, 0.3) is 0 Å². The number of H-pyrrole nitrogens is 1. The Labute approximate surface area is 270 Å². The number of thioether (sulfide) groups is 1. The summed E-state index contributed by atoms with van der Waals surface area (Å²) < 4.78 is 6.12. The Morgan fingerprint density at radius 2 is 1.65 bits per heavy atom. The molecule has 2 N–H and O–H groups in total. The van der Waals surface area contributed by atoms with Crippen LogP contribution < -0.4 is 19.8 Å². The normalized spacial score (nSPS) is 27.2. The van der Waals surface area contributed by atoms with E-state index < -0.39 is 16.8 Å². The van der Waals surface area contributed by atoms with Crippen LogP contribution in [0.15, 0.2) is 88.7 Å². The molecule has 11 nitrogen and oxygen atoms in total. The maximum absolute atomic E-state index is 14.0. The number of thiazole rings is 1. The Morgan fingerprint density at radius 3 is 2.39 bits per heavy atom. The van der Waals surface area contributed by atoms with E-state index in [1.54, 1.807) is 23.9 Å². The lowest BCUT2D eigenvalue weighted by Gasteiger charge is -2.43. The van der Waals surface area contributed by atoms with Gasteiger partial charge in [0.25, 0.3) is 11.6 Å². The fourth-order valence-corrected chi connectivity index (χ4v) is 11.0. The Hall–Kier alpha value is -4.75. The number of benzene rings is 3. The summed E-state index contributed by atoms with van der Waals surface area (Å²) in [5, 5.41) is 14.7. The Morgan fingerprint density at radius 1 is 0.957 bits per heavy atom. The van der Waals surface area contributed by atoms with Crippen LogP contribution in [-0.4, -0.2) is 39.5 Å². The molecule has 13 heteroatoms. The number of fused-ring (bicyclic) bond motifs is 9. The first kappa shape index (κ1) is 28.7. The van der Waals surface area contributed by atoms with Gasteiger partial charge in [0.05, 0.1) is 27.5 Å². The number of rotatable bonds is 7. The van der Waals surface area contributed by atoms with Crippen molar-refractivity contribution in [1.82, 2.24) is 4.98 Å². The molecule has 232 valence electrons. The van der Waals surface area contributed by atoms with Crippen molar-refractivity contribution in [3.63, 3.8) is 0 Å². The highest BCUT2D eigenvalue weighted by Gasteiger charge is 2.69. The number of aromatic nitrogens is 1. The lowest BCUT2D eigenvalue weighted by Crippen LogP contribution is -2.42. The van der Waals surface area contributed by atoms with E-state index in [0.29, 0.717) is 23.5 Å². The second-order valence-corrected chi connectivity index (χ2v) is 14.2. The molecule has 0 spiro atoms. The van der Waals surface area contributed by atoms with Crippen LogP contribution >= 0.6 is 23.1 Å². The van der Waals surface area contributed by atoms with Crippen LogP contribution in [0.4, 0.5) is 17.1 Å². The van der Waals surface area contributed by atoms with Gasteiger partial charge < -0.3 is 15.0 Å². The van der Waals surface area contributed by atoms with Gasteiger partial charge >= 0.3 is 4.87 Å². The van der Waals surface area contributed by atoms with E-state index in [1.165, 1.54) is 29.2 Å². The minimum atomic E-state index is -0.529. The minimum absolute atomic E-state index is 0.0306. The quantitative estimate of drug-likeness (QED) is 0.160. The van der Waals surface area contributed by atoms with Crippen molar-refractivity contribution < 1.29 is 24.0 Å². The maximum Gasteiger partial charge on any atom is 0.305 e. The molecular weight excluding hydrogens is 629 g/mol. The number of nitrogens with one attached hydrogen (secondary N) is 2.